The second-order valence-electron chi connectivity index (χ2n) is 8.20. The Labute approximate surface area is 212 Å². The SMILES string of the molecule is CCCCOC(=O)/C=C/c1ccc2oc(/C=C/C(=O)OCCCC)c(/C=C/C(=O)OCCCC)c2c1. The van der Waals surface area contributed by atoms with Crippen molar-refractivity contribution in [2.45, 2.75) is 59.3 Å². The van der Waals surface area contributed by atoms with Gasteiger partial charge in [-0.2, -0.15) is 0 Å². The van der Waals surface area contributed by atoms with E-state index in [0.717, 1.165) is 44.1 Å². The predicted molar refractivity (Wildman–Crippen MR) is 141 cm³/mol. The van der Waals surface area contributed by atoms with Crippen LogP contribution in [0.4, 0.5) is 0 Å². The highest BCUT2D eigenvalue weighted by Gasteiger charge is 2.12. The van der Waals surface area contributed by atoms with Crippen molar-refractivity contribution < 1.29 is 33.0 Å². The summed E-state index contributed by atoms with van der Waals surface area (Å²) in [6, 6.07) is 5.42. The van der Waals surface area contributed by atoms with Crippen LogP contribution in [0, 0.1) is 0 Å². The highest BCUT2D eigenvalue weighted by atomic mass is 16.5. The van der Waals surface area contributed by atoms with Crippen molar-refractivity contribution in [1.29, 1.82) is 0 Å². The third-order valence-electron chi connectivity index (χ3n) is 5.17. The molecule has 0 saturated heterocycles. The van der Waals surface area contributed by atoms with Crippen LogP contribution in [0.15, 0.2) is 40.8 Å². The van der Waals surface area contributed by atoms with Crippen molar-refractivity contribution in [3.63, 3.8) is 0 Å². The molecule has 0 aliphatic carbocycles. The Bertz CT molecular complexity index is 1090. The molecule has 0 unspecified atom stereocenters. The van der Waals surface area contributed by atoms with Gasteiger partial charge in [-0.25, -0.2) is 14.4 Å². The number of carbonyl (C=O) groups is 3. The number of benzene rings is 1. The number of hydrogen-bond donors (Lipinski definition) is 0. The quantitative estimate of drug-likeness (QED) is 0.120. The van der Waals surface area contributed by atoms with Gasteiger partial charge in [0, 0.05) is 29.2 Å². The lowest BCUT2D eigenvalue weighted by Crippen LogP contribution is -2.02. The fraction of sp³-hybridized carbons (Fsp3) is 0.414. The van der Waals surface area contributed by atoms with Gasteiger partial charge in [-0.1, -0.05) is 46.1 Å². The average Bonchev–Trinajstić information content (AvgIpc) is 3.22. The lowest BCUT2D eigenvalue weighted by atomic mass is 10.1. The molecule has 1 aromatic heterocycles. The van der Waals surface area contributed by atoms with Crippen LogP contribution in [0.5, 0.6) is 0 Å². The molecule has 0 bridgehead atoms. The van der Waals surface area contributed by atoms with E-state index in [9.17, 15) is 14.4 Å². The Kier molecular flexibility index (Phi) is 12.8. The molecule has 36 heavy (non-hydrogen) atoms. The minimum atomic E-state index is -0.469. The van der Waals surface area contributed by atoms with Gasteiger partial charge in [0.1, 0.15) is 11.3 Å². The summed E-state index contributed by atoms with van der Waals surface area (Å²) < 4.78 is 21.5. The number of furan rings is 1. The summed E-state index contributed by atoms with van der Waals surface area (Å²) in [4.78, 5) is 36.1. The van der Waals surface area contributed by atoms with Crippen LogP contribution in [0.3, 0.4) is 0 Å². The summed E-state index contributed by atoms with van der Waals surface area (Å²) in [5, 5.41) is 0.716. The smallest absolute Gasteiger partial charge is 0.330 e. The molecule has 0 saturated carbocycles. The van der Waals surface area contributed by atoms with Crippen molar-refractivity contribution in [3.05, 3.63) is 53.3 Å². The number of unbranched alkanes of at least 4 members (excludes halogenated alkanes) is 3. The van der Waals surface area contributed by atoms with Crippen LogP contribution >= 0.6 is 0 Å². The van der Waals surface area contributed by atoms with E-state index in [2.05, 4.69) is 0 Å². The normalized spacial score (nSPS) is 11.6. The van der Waals surface area contributed by atoms with E-state index in [-0.39, 0.29) is 0 Å². The minimum absolute atomic E-state index is 0.353. The van der Waals surface area contributed by atoms with Crippen molar-refractivity contribution in [1.82, 2.24) is 0 Å². The van der Waals surface area contributed by atoms with E-state index in [1.807, 2.05) is 26.8 Å². The van der Waals surface area contributed by atoms with Crippen molar-refractivity contribution in [3.8, 4) is 0 Å². The number of rotatable bonds is 15. The van der Waals surface area contributed by atoms with Gasteiger partial charge in [-0.05, 0) is 55.2 Å². The fourth-order valence-corrected chi connectivity index (χ4v) is 3.11. The third-order valence-corrected chi connectivity index (χ3v) is 5.17. The Morgan fingerprint density at radius 3 is 1.75 bits per heavy atom. The van der Waals surface area contributed by atoms with Gasteiger partial charge in [-0.3, -0.25) is 0 Å². The molecule has 7 nitrogen and oxygen atoms in total. The van der Waals surface area contributed by atoms with Crippen LogP contribution in [-0.4, -0.2) is 37.7 Å². The number of hydrogen-bond acceptors (Lipinski definition) is 7. The van der Waals surface area contributed by atoms with E-state index >= 15 is 0 Å². The molecule has 0 spiro atoms. The van der Waals surface area contributed by atoms with Crippen LogP contribution in [-0.2, 0) is 28.6 Å². The molecule has 2 aromatic rings. The number of carbonyl (C=O) groups excluding carboxylic acids is 3. The van der Waals surface area contributed by atoms with Crippen LogP contribution in [0.25, 0.3) is 29.2 Å². The fourth-order valence-electron chi connectivity index (χ4n) is 3.11. The van der Waals surface area contributed by atoms with Gasteiger partial charge in [0.15, 0.2) is 0 Å². The van der Waals surface area contributed by atoms with E-state index in [4.69, 9.17) is 18.6 Å². The van der Waals surface area contributed by atoms with E-state index in [1.54, 1.807) is 24.3 Å². The standard InChI is InChI=1S/C29H36O7/c1-4-7-18-33-27(30)15-11-22-10-13-26-24(21-22)23(12-16-28(31)34-19-8-5-2)25(36-26)14-17-29(32)35-20-9-6-3/h10-17,21H,4-9,18-20H2,1-3H3/b15-11+,16-12+,17-14+. The molecular weight excluding hydrogens is 460 g/mol. The zero-order chi connectivity index (χ0) is 26.2. The largest absolute Gasteiger partial charge is 0.463 e. The maximum atomic E-state index is 12.1. The second kappa shape index (κ2) is 16.1. The van der Waals surface area contributed by atoms with Crippen LogP contribution in [0.2, 0.25) is 0 Å². The summed E-state index contributed by atoms with van der Waals surface area (Å²) in [5.74, 6) is -0.938. The van der Waals surface area contributed by atoms with Gasteiger partial charge in [0.05, 0.1) is 19.8 Å². The van der Waals surface area contributed by atoms with E-state index in [1.165, 1.54) is 24.3 Å². The first-order chi connectivity index (χ1) is 17.5. The average molecular weight is 497 g/mol. The number of fused-ring (bicyclic) bond motifs is 1. The zero-order valence-electron chi connectivity index (χ0n) is 21.4. The lowest BCUT2D eigenvalue weighted by Gasteiger charge is -2.00. The monoisotopic (exact) mass is 496 g/mol. The van der Waals surface area contributed by atoms with E-state index < -0.39 is 17.9 Å². The highest BCUT2D eigenvalue weighted by Crippen LogP contribution is 2.30. The molecular formula is C29H36O7. The molecule has 2 rings (SSSR count). The number of ether oxygens (including phenoxy) is 3. The maximum Gasteiger partial charge on any atom is 0.330 e. The first-order valence-electron chi connectivity index (χ1n) is 12.6. The molecule has 0 fully saturated rings. The molecule has 0 N–H and O–H groups in total. The summed E-state index contributed by atoms with van der Waals surface area (Å²) in [6.07, 6.45) is 14.0. The van der Waals surface area contributed by atoms with Gasteiger partial charge in [0.2, 0.25) is 0 Å². The lowest BCUT2D eigenvalue weighted by molar-refractivity contribution is -0.138. The van der Waals surface area contributed by atoms with Gasteiger partial charge >= 0.3 is 17.9 Å². The predicted octanol–water partition coefficient (Wildman–Crippen LogP) is 6.50. The second-order valence-corrected chi connectivity index (χ2v) is 8.20. The molecule has 1 aromatic carbocycles. The van der Waals surface area contributed by atoms with Gasteiger partial charge in [-0.15, -0.1) is 0 Å². The van der Waals surface area contributed by atoms with Gasteiger partial charge < -0.3 is 18.6 Å². The summed E-state index contributed by atoms with van der Waals surface area (Å²) in [7, 11) is 0. The molecule has 0 atom stereocenters. The Morgan fingerprint density at radius 2 is 1.22 bits per heavy atom. The molecule has 194 valence electrons. The van der Waals surface area contributed by atoms with Crippen molar-refractivity contribution in [2.24, 2.45) is 0 Å². The molecule has 1 heterocycles. The number of esters is 3. The molecule has 0 aliphatic rings. The summed E-state index contributed by atoms with van der Waals surface area (Å²) in [5.41, 5.74) is 1.93. The molecule has 0 aliphatic heterocycles. The Balaban J connectivity index is 2.31. The Morgan fingerprint density at radius 1 is 0.722 bits per heavy atom. The van der Waals surface area contributed by atoms with Gasteiger partial charge in [0.25, 0.3) is 0 Å². The van der Waals surface area contributed by atoms with E-state index in [0.29, 0.717) is 42.1 Å². The highest BCUT2D eigenvalue weighted by molar-refractivity contribution is 5.98. The first kappa shape index (κ1) is 28.6. The molecule has 7 heteroatoms. The van der Waals surface area contributed by atoms with Crippen LogP contribution < -0.4 is 0 Å². The van der Waals surface area contributed by atoms with Crippen molar-refractivity contribution >= 4 is 47.1 Å². The topological polar surface area (TPSA) is 92.0 Å². The van der Waals surface area contributed by atoms with Crippen molar-refractivity contribution in [2.75, 3.05) is 19.8 Å². The first-order valence-corrected chi connectivity index (χ1v) is 12.6. The summed E-state index contributed by atoms with van der Waals surface area (Å²) in [6.45, 7) is 7.16. The maximum absolute atomic E-state index is 12.1. The molecule has 0 amide bonds. The zero-order valence-corrected chi connectivity index (χ0v) is 21.4. The minimum Gasteiger partial charge on any atom is -0.463 e. The molecule has 0 radical (unpaired) electrons. The third kappa shape index (κ3) is 9.94. The van der Waals surface area contributed by atoms with Crippen LogP contribution in [0.1, 0.15) is 76.2 Å². The Hall–Kier alpha value is -3.61. The summed E-state index contributed by atoms with van der Waals surface area (Å²) >= 11 is 0.